The zero-order valence-electron chi connectivity index (χ0n) is 7.66. The van der Waals surface area contributed by atoms with Crippen molar-refractivity contribution in [3.8, 4) is 0 Å². The molecular formula is C9H12ClNO2S. The molecule has 0 fully saturated rings. The van der Waals surface area contributed by atoms with Crippen molar-refractivity contribution in [3.05, 3.63) is 21.3 Å². The van der Waals surface area contributed by atoms with E-state index in [1.807, 2.05) is 12.1 Å². The molecule has 1 heterocycles. The third-order valence-electron chi connectivity index (χ3n) is 1.59. The number of rotatable bonds is 5. The fraction of sp³-hybridized carbons (Fsp3) is 0.444. The Labute approximate surface area is 91.8 Å². The minimum atomic E-state index is -0.241. The van der Waals surface area contributed by atoms with Crippen molar-refractivity contribution < 1.29 is 9.53 Å². The molecule has 78 valence electrons. The summed E-state index contributed by atoms with van der Waals surface area (Å²) in [5, 5.41) is 0. The molecule has 0 spiro atoms. The molecule has 3 nitrogen and oxygen atoms in total. The summed E-state index contributed by atoms with van der Waals surface area (Å²) in [5.41, 5.74) is 5.20. The summed E-state index contributed by atoms with van der Waals surface area (Å²) in [6, 6.07) is 3.77. The molecule has 0 bridgehead atoms. The van der Waals surface area contributed by atoms with Gasteiger partial charge < -0.3 is 10.5 Å². The van der Waals surface area contributed by atoms with Gasteiger partial charge in [0.25, 0.3) is 0 Å². The van der Waals surface area contributed by atoms with E-state index >= 15 is 0 Å². The van der Waals surface area contributed by atoms with Crippen LogP contribution in [0.4, 0.5) is 0 Å². The van der Waals surface area contributed by atoms with Crippen LogP contribution in [0.15, 0.2) is 12.1 Å². The second-order valence-corrected chi connectivity index (χ2v) is 4.51. The quantitative estimate of drug-likeness (QED) is 0.790. The maximum absolute atomic E-state index is 10.9. The number of nitrogens with two attached hydrogens (primary N) is 1. The smallest absolute Gasteiger partial charge is 0.307 e. The predicted molar refractivity (Wildman–Crippen MR) is 57.7 cm³/mol. The van der Waals surface area contributed by atoms with Crippen LogP contribution in [-0.2, 0) is 16.0 Å². The highest BCUT2D eigenvalue weighted by Crippen LogP contribution is 2.21. The van der Waals surface area contributed by atoms with E-state index in [-0.39, 0.29) is 12.4 Å². The van der Waals surface area contributed by atoms with Crippen LogP contribution in [0.3, 0.4) is 0 Å². The summed E-state index contributed by atoms with van der Waals surface area (Å²) in [6.45, 7) is 0.735. The number of carbonyl (C=O) groups excluding carboxylic acids is 1. The van der Waals surface area contributed by atoms with Gasteiger partial charge in [0.1, 0.15) is 0 Å². The highest BCUT2D eigenvalue weighted by molar-refractivity contribution is 7.16. The zero-order valence-corrected chi connectivity index (χ0v) is 9.24. The molecule has 0 saturated heterocycles. The number of hydrogen-bond donors (Lipinski definition) is 1. The van der Waals surface area contributed by atoms with Gasteiger partial charge in [-0.2, -0.15) is 0 Å². The van der Waals surface area contributed by atoms with E-state index < -0.39 is 0 Å². The number of esters is 1. The lowest BCUT2D eigenvalue weighted by molar-refractivity contribution is -0.143. The van der Waals surface area contributed by atoms with Crippen LogP contribution in [0.5, 0.6) is 0 Å². The van der Waals surface area contributed by atoms with Crippen molar-refractivity contribution in [2.75, 3.05) is 13.2 Å². The van der Waals surface area contributed by atoms with Crippen molar-refractivity contribution in [2.24, 2.45) is 5.73 Å². The Kier molecular flexibility index (Phi) is 4.93. The number of carbonyl (C=O) groups is 1. The first kappa shape index (κ1) is 11.5. The van der Waals surface area contributed by atoms with Crippen LogP contribution >= 0.6 is 22.9 Å². The Morgan fingerprint density at radius 2 is 2.36 bits per heavy atom. The van der Waals surface area contributed by atoms with Crippen molar-refractivity contribution in [3.63, 3.8) is 0 Å². The molecule has 0 aromatic carbocycles. The topological polar surface area (TPSA) is 52.3 Å². The number of ether oxygens (including phenoxy) is 1. The first-order chi connectivity index (χ1) is 6.72. The maximum atomic E-state index is 10.9. The molecule has 0 amide bonds. The Balaban J connectivity index is 2.18. The van der Waals surface area contributed by atoms with Crippen LogP contribution in [0.1, 0.15) is 11.3 Å². The molecule has 1 aromatic rings. The predicted octanol–water partition coefficient (Wildman–Crippen LogP) is 1.84. The summed E-state index contributed by atoms with van der Waals surface area (Å²) in [7, 11) is 0. The molecule has 0 aliphatic carbocycles. The molecule has 0 aliphatic rings. The largest absolute Gasteiger partial charge is 0.465 e. The van der Waals surface area contributed by atoms with Crippen LogP contribution in [0.25, 0.3) is 0 Å². The van der Waals surface area contributed by atoms with Crippen LogP contribution < -0.4 is 5.73 Å². The van der Waals surface area contributed by atoms with E-state index in [0.29, 0.717) is 19.6 Å². The molecule has 14 heavy (non-hydrogen) atoms. The van der Waals surface area contributed by atoms with Crippen LogP contribution in [0, 0.1) is 0 Å². The SMILES string of the molecule is NCCC(=O)OCCc1ccc(Cl)s1. The summed E-state index contributed by atoms with van der Waals surface area (Å²) in [5.74, 6) is -0.241. The van der Waals surface area contributed by atoms with E-state index in [0.717, 1.165) is 9.21 Å². The molecule has 2 N–H and O–H groups in total. The van der Waals surface area contributed by atoms with Gasteiger partial charge in [0.2, 0.25) is 0 Å². The molecule has 5 heteroatoms. The lowest BCUT2D eigenvalue weighted by Crippen LogP contribution is -2.12. The highest BCUT2D eigenvalue weighted by Gasteiger charge is 2.02. The Morgan fingerprint density at radius 1 is 1.57 bits per heavy atom. The van der Waals surface area contributed by atoms with Crippen molar-refractivity contribution in [2.45, 2.75) is 12.8 Å². The van der Waals surface area contributed by atoms with E-state index in [9.17, 15) is 4.79 Å². The third kappa shape index (κ3) is 4.09. The summed E-state index contributed by atoms with van der Waals surface area (Å²) >= 11 is 7.25. The lowest BCUT2D eigenvalue weighted by Gasteiger charge is -2.01. The lowest BCUT2D eigenvalue weighted by atomic mass is 10.3. The molecule has 0 aliphatic heterocycles. The molecular weight excluding hydrogens is 222 g/mol. The monoisotopic (exact) mass is 233 g/mol. The van der Waals surface area contributed by atoms with Gasteiger partial charge in [-0.1, -0.05) is 11.6 Å². The van der Waals surface area contributed by atoms with Gasteiger partial charge in [-0.25, -0.2) is 0 Å². The van der Waals surface area contributed by atoms with Gasteiger partial charge in [0, 0.05) is 17.8 Å². The van der Waals surface area contributed by atoms with Gasteiger partial charge in [-0.3, -0.25) is 4.79 Å². The van der Waals surface area contributed by atoms with Crippen molar-refractivity contribution in [1.82, 2.24) is 0 Å². The number of halogens is 1. The third-order valence-corrected chi connectivity index (χ3v) is 2.88. The Hall–Kier alpha value is -0.580. The second kappa shape index (κ2) is 6.01. The summed E-state index contributed by atoms with van der Waals surface area (Å²) in [6.07, 6.45) is 0.999. The average Bonchev–Trinajstić information content (AvgIpc) is 2.52. The Morgan fingerprint density at radius 3 is 2.93 bits per heavy atom. The fourth-order valence-electron chi connectivity index (χ4n) is 0.942. The maximum Gasteiger partial charge on any atom is 0.307 e. The normalized spacial score (nSPS) is 10.1. The van der Waals surface area contributed by atoms with E-state index in [1.165, 1.54) is 11.3 Å². The number of thiophene rings is 1. The summed E-state index contributed by atoms with van der Waals surface area (Å²) < 4.78 is 5.70. The van der Waals surface area contributed by atoms with Crippen LogP contribution in [0.2, 0.25) is 4.34 Å². The zero-order chi connectivity index (χ0) is 10.4. The van der Waals surface area contributed by atoms with Gasteiger partial charge in [0.05, 0.1) is 17.4 Å². The van der Waals surface area contributed by atoms with Crippen molar-refractivity contribution >= 4 is 28.9 Å². The fourth-order valence-corrected chi connectivity index (χ4v) is 2.01. The standard InChI is InChI=1S/C9H12ClNO2S/c10-8-2-1-7(14-8)4-6-13-9(12)3-5-11/h1-2H,3-6,11H2. The van der Waals surface area contributed by atoms with Gasteiger partial charge in [-0.05, 0) is 12.1 Å². The van der Waals surface area contributed by atoms with Gasteiger partial charge >= 0.3 is 5.97 Å². The molecule has 0 atom stereocenters. The molecule has 0 unspecified atom stereocenters. The first-order valence-corrected chi connectivity index (χ1v) is 5.51. The van der Waals surface area contributed by atoms with Gasteiger partial charge in [0.15, 0.2) is 0 Å². The molecule has 1 aromatic heterocycles. The van der Waals surface area contributed by atoms with Crippen molar-refractivity contribution in [1.29, 1.82) is 0 Å². The first-order valence-electron chi connectivity index (χ1n) is 4.32. The van der Waals surface area contributed by atoms with Gasteiger partial charge in [-0.15, -0.1) is 11.3 Å². The second-order valence-electron chi connectivity index (χ2n) is 2.71. The van der Waals surface area contributed by atoms with E-state index in [2.05, 4.69) is 0 Å². The number of hydrogen-bond acceptors (Lipinski definition) is 4. The minimum Gasteiger partial charge on any atom is -0.465 e. The van der Waals surface area contributed by atoms with E-state index in [4.69, 9.17) is 22.1 Å². The Bertz CT molecular complexity index is 301. The average molecular weight is 234 g/mol. The molecule has 1 rings (SSSR count). The highest BCUT2D eigenvalue weighted by atomic mass is 35.5. The van der Waals surface area contributed by atoms with E-state index in [1.54, 1.807) is 0 Å². The molecule has 0 radical (unpaired) electrons. The minimum absolute atomic E-state index is 0.241. The summed E-state index contributed by atoms with van der Waals surface area (Å²) in [4.78, 5) is 12.0. The molecule has 0 saturated carbocycles. The van der Waals surface area contributed by atoms with Crippen LogP contribution in [-0.4, -0.2) is 19.1 Å².